The van der Waals surface area contributed by atoms with Gasteiger partial charge in [0.05, 0.1) is 0 Å². The number of anilines is 1. The number of para-hydroxylation sites is 1. The maximum atomic E-state index is 6.19. The molecule has 0 saturated carbocycles. The summed E-state index contributed by atoms with van der Waals surface area (Å²) >= 11 is 0. The molecule has 0 amide bonds. The number of unbranched alkanes of at least 4 members (excludes halogenated alkanes) is 2. The quantitative estimate of drug-likeness (QED) is 0.112. The van der Waals surface area contributed by atoms with Crippen molar-refractivity contribution >= 4 is 19.3 Å². The number of nitrogens with two attached hydrogens (primary N) is 1. The van der Waals surface area contributed by atoms with E-state index in [0.29, 0.717) is 12.2 Å². The molecule has 0 aliphatic heterocycles. The predicted octanol–water partition coefficient (Wildman–Crippen LogP) is 7.55. The molecule has 1 rings (SSSR count). The topological polar surface area (TPSA) is 44.9 Å². The zero-order valence-electron chi connectivity index (χ0n) is 23.1. The molecule has 5 heteroatoms. The van der Waals surface area contributed by atoms with Crippen LogP contribution >= 0.6 is 7.41 Å². The molecule has 1 atom stereocenters. The number of hydrogen-bond donors (Lipinski definition) is 1. The van der Waals surface area contributed by atoms with Gasteiger partial charge < -0.3 is 0 Å². The number of benzene rings is 1. The van der Waals surface area contributed by atoms with Crippen LogP contribution in [0, 0.1) is 6.92 Å². The van der Waals surface area contributed by atoms with Crippen LogP contribution in [-0.2, 0) is 0 Å². The summed E-state index contributed by atoms with van der Waals surface area (Å²) in [7, 11) is -2.06. The molecule has 0 bridgehead atoms. The van der Waals surface area contributed by atoms with Crippen molar-refractivity contribution in [3.05, 3.63) is 53.4 Å². The maximum absolute atomic E-state index is 6.19. The summed E-state index contributed by atoms with van der Waals surface area (Å²) in [4.78, 5) is 4.90. The number of hydrazine groups is 1. The van der Waals surface area contributed by atoms with E-state index in [1.807, 2.05) is 13.1 Å². The van der Waals surface area contributed by atoms with Crippen LogP contribution in [-0.4, -0.2) is 42.1 Å². The second kappa shape index (κ2) is 13.4. The third kappa shape index (κ3) is 7.77. The molecule has 0 aromatic heterocycles. The fraction of sp³-hybridized carbons (Fsp3) is 0.607. The van der Waals surface area contributed by atoms with Gasteiger partial charge in [-0.25, -0.2) is 0 Å². The summed E-state index contributed by atoms with van der Waals surface area (Å²) in [5, 5.41) is 2.40. The third-order valence-electron chi connectivity index (χ3n) is 6.32. The number of aryl methyl sites for hydroxylation is 1. The van der Waals surface area contributed by atoms with E-state index in [2.05, 4.69) is 108 Å². The predicted molar refractivity (Wildman–Crippen MR) is 154 cm³/mol. The van der Waals surface area contributed by atoms with Gasteiger partial charge in [0.2, 0.25) is 0 Å². The molecular weight excluding hydrogens is 423 g/mol. The average molecular weight is 475 g/mol. The van der Waals surface area contributed by atoms with Crippen molar-refractivity contribution < 1.29 is 0 Å². The van der Waals surface area contributed by atoms with Crippen molar-refractivity contribution in [2.24, 2.45) is 10.7 Å². The first-order chi connectivity index (χ1) is 15.5. The zero-order chi connectivity index (χ0) is 25.2. The van der Waals surface area contributed by atoms with Crippen molar-refractivity contribution in [1.29, 1.82) is 0 Å². The van der Waals surface area contributed by atoms with Crippen molar-refractivity contribution in [1.82, 2.24) is 4.78 Å². The standard InChI is InChI=1S/C28H51N4P/c1-11-14-15-20-25(18-12-2)33(9,10)32(28(6,7)8)31(26-21-17-16-19-23(26)4)27(30-13-3)24(5)22-29/h12-13,16-19,21,25,33H,11,14-15,20,22,29H2,1-10H3/b18-12+,27-24+,30-13-. The molecule has 4 nitrogen and oxygen atoms in total. The van der Waals surface area contributed by atoms with Crippen LogP contribution < -0.4 is 10.7 Å². The van der Waals surface area contributed by atoms with Gasteiger partial charge in [0.15, 0.2) is 0 Å². The second-order valence-corrected chi connectivity index (χ2v) is 15.0. The molecule has 188 valence electrons. The Hall–Kier alpha value is -1.48. The fourth-order valence-electron chi connectivity index (χ4n) is 4.79. The minimum absolute atomic E-state index is 0.105. The molecule has 0 radical (unpaired) electrons. The average Bonchev–Trinajstić information content (AvgIpc) is 2.74. The van der Waals surface area contributed by atoms with Crippen LogP contribution in [0.1, 0.15) is 79.7 Å². The SMILES string of the molecule is C/C=N\C(=C(\C)CN)N(c1ccccc1C)N(C(C)(C)C)[PH](C)(C)C(/C=C/C)CCCCC. The van der Waals surface area contributed by atoms with E-state index < -0.39 is 7.41 Å². The van der Waals surface area contributed by atoms with Crippen LogP contribution in [0.25, 0.3) is 0 Å². The summed E-state index contributed by atoms with van der Waals surface area (Å²) < 4.78 is 2.68. The van der Waals surface area contributed by atoms with E-state index in [1.54, 1.807) is 0 Å². The van der Waals surface area contributed by atoms with Crippen molar-refractivity contribution in [2.45, 2.75) is 92.3 Å². The third-order valence-corrected chi connectivity index (χ3v) is 10.6. The first-order valence-corrected chi connectivity index (χ1v) is 15.7. The van der Waals surface area contributed by atoms with Crippen molar-refractivity contribution in [2.75, 3.05) is 24.9 Å². The summed E-state index contributed by atoms with van der Waals surface area (Å²) in [6.07, 6.45) is 11.6. The second-order valence-electron chi connectivity index (χ2n) is 10.6. The Morgan fingerprint density at radius 2 is 1.79 bits per heavy atom. The Balaban J connectivity index is 3.90. The molecule has 2 N–H and O–H groups in total. The van der Waals surface area contributed by atoms with Crippen LogP contribution in [0.15, 0.2) is 52.8 Å². The van der Waals surface area contributed by atoms with Crippen molar-refractivity contribution in [3.8, 4) is 0 Å². The Bertz CT molecular complexity index is 817. The molecule has 1 aromatic rings. The van der Waals surface area contributed by atoms with Gasteiger partial charge in [0, 0.05) is 0 Å². The van der Waals surface area contributed by atoms with E-state index in [1.165, 1.54) is 36.9 Å². The van der Waals surface area contributed by atoms with Gasteiger partial charge in [0.1, 0.15) is 0 Å². The number of hydrogen-bond acceptors (Lipinski definition) is 4. The van der Waals surface area contributed by atoms with E-state index in [9.17, 15) is 0 Å². The fourth-order valence-corrected chi connectivity index (χ4v) is 9.12. The zero-order valence-corrected chi connectivity index (χ0v) is 24.1. The van der Waals surface area contributed by atoms with Crippen molar-refractivity contribution in [3.63, 3.8) is 0 Å². The van der Waals surface area contributed by atoms with Gasteiger partial charge >= 0.3 is 205 Å². The van der Waals surface area contributed by atoms with Gasteiger partial charge in [-0.1, -0.05) is 0 Å². The minimum atomic E-state index is -2.06. The van der Waals surface area contributed by atoms with E-state index >= 15 is 0 Å². The summed E-state index contributed by atoms with van der Waals surface area (Å²) in [5.41, 5.74) is 10.1. The van der Waals surface area contributed by atoms with Gasteiger partial charge in [-0.15, -0.1) is 0 Å². The Labute approximate surface area is 205 Å². The molecule has 1 aromatic carbocycles. The summed E-state index contributed by atoms with van der Waals surface area (Å²) in [6, 6.07) is 8.64. The molecule has 0 saturated heterocycles. The Kier molecular flexibility index (Phi) is 12.0. The summed E-state index contributed by atoms with van der Waals surface area (Å²) in [5.74, 6) is 0.942. The molecule has 0 fully saturated rings. The molecule has 33 heavy (non-hydrogen) atoms. The van der Waals surface area contributed by atoms with Crippen LogP contribution in [0.5, 0.6) is 0 Å². The number of allylic oxidation sites excluding steroid dienone is 2. The van der Waals surface area contributed by atoms with Gasteiger partial charge in [-0.3, -0.25) is 0 Å². The van der Waals surface area contributed by atoms with Gasteiger partial charge in [-0.05, 0) is 0 Å². The number of aliphatic imine (C=N–C) groups is 1. The van der Waals surface area contributed by atoms with Crippen LogP contribution in [0.4, 0.5) is 5.69 Å². The number of nitrogens with zero attached hydrogens (tertiary/aromatic N) is 3. The molecular formula is C28H51N4P. The first kappa shape index (κ1) is 29.6. The molecule has 0 aliphatic carbocycles. The number of rotatable bonds is 12. The molecule has 0 aliphatic rings. The summed E-state index contributed by atoms with van der Waals surface area (Å²) in [6.45, 7) is 23.2. The van der Waals surface area contributed by atoms with Crippen LogP contribution in [0.2, 0.25) is 0 Å². The monoisotopic (exact) mass is 474 g/mol. The van der Waals surface area contributed by atoms with E-state index in [4.69, 9.17) is 10.7 Å². The molecule has 1 unspecified atom stereocenters. The Morgan fingerprint density at radius 1 is 1.15 bits per heavy atom. The van der Waals surface area contributed by atoms with Gasteiger partial charge in [0.25, 0.3) is 0 Å². The molecule has 0 spiro atoms. The van der Waals surface area contributed by atoms with E-state index in [-0.39, 0.29) is 5.54 Å². The van der Waals surface area contributed by atoms with Crippen LogP contribution in [0.3, 0.4) is 0 Å². The first-order valence-electron chi connectivity index (χ1n) is 12.6. The normalized spacial score (nSPS) is 15.4. The Morgan fingerprint density at radius 3 is 2.27 bits per heavy atom. The molecule has 0 heterocycles. The van der Waals surface area contributed by atoms with E-state index in [0.717, 1.165) is 11.4 Å². The van der Waals surface area contributed by atoms with Gasteiger partial charge in [-0.2, -0.15) is 0 Å².